The normalized spacial score (nSPS) is 32.2. The molecule has 3 aliphatic rings. The van der Waals surface area contributed by atoms with Crippen molar-refractivity contribution in [1.29, 1.82) is 0 Å². The van der Waals surface area contributed by atoms with E-state index < -0.39 is 0 Å². The standard InChI is InChI=1S/C21H23NO4/c23-11-17-18-10-22(13-21(18)8-7-19(17)26-21)20(24)12-25-16-6-5-14-3-1-2-4-15(14)9-16/h1-6,9,17-19,23H,7-8,10-13H2/t17-,18+,19+,21+/m0/s1. The predicted octanol–water partition coefficient (Wildman–Crippen LogP) is 2.22. The van der Waals surface area contributed by atoms with Crippen LogP contribution in [0, 0.1) is 11.8 Å². The summed E-state index contributed by atoms with van der Waals surface area (Å²) in [5.41, 5.74) is -0.226. The second-order valence-electron chi connectivity index (χ2n) is 7.78. The summed E-state index contributed by atoms with van der Waals surface area (Å²) in [5.74, 6) is 1.13. The van der Waals surface area contributed by atoms with Crippen molar-refractivity contribution < 1.29 is 19.4 Å². The van der Waals surface area contributed by atoms with E-state index in [1.807, 2.05) is 41.3 Å². The topological polar surface area (TPSA) is 59.0 Å². The summed E-state index contributed by atoms with van der Waals surface area (Å²) in [4.78, 5) is 14.5. The van der Waals surface area contributed by atoms with Gasteiger partial charge in [-0.05, 0) is 35.7 Å². The highest BCUT2D eigenvalue weighted by molar-refractivity contribution is 5.84. The minimum Gasteiger partial charge on any atom is -0.484 e. The molecule has 1 amide bonds. The number of aliphatic hydroxyl groups excluding tert-OH is 1. The molecule has 0 saturated carbocycles. The van der Waals surface area contributed by atoms with Crippen LogP contribution < -0.4 is 4.74 Å². The lowest BCUT2D eigenvalue weighted by Gasteiger charge is -2.27. The highest BCUT2D eigenvalue weighted by Gasteiger charge is 2.63. The first-order valence-electron chi connectivity index (χ1n) is 9.37. The van der Waals surface area contributed by atoms with E-state index in [4.69, 9.17) is 9.47 Å². The maximum absolute atomic E-state index is 12.7. The van der Waals surface area contributed by atoms with Crippen LogP contribution in [0.3, 0.4) is 0 Å². The number of amides is 1. The van der Waals surface area contributed by atoms with Crippen LogP contribution in [-0.2, 0) is 9.53 Å². The van der Waals surface area contributed by atoms with Gasteiger partial charge in [0.15, 0.2) is 6.61 Å². The van der Waals surface area contributed by atoms with Crippen LogP contribution in [0.25, 0.3) is 10.8 Å². The van der Waals surface area contributed by atoms with Gasteiger partial charge in [-0.25, -0.2) is 0 Å². The van der Waals surface area contributed by atoms with Crippen molar-refractivity contribution in [2.45, 2.75) is 24.5 Å². The summed E-state index contributed by atoms with van der Waals surface area (Å²) in [6.45, 7) is 1.48. The molecule has 5 rings (SSSR count). The SMILES string of the molecule is O=C(COc1ccc2ccccc2c1)N1C[C@@H]2[C@H](CO)[C@H]3CC[C@]2(C1)O3. The molecule has 0 aliphatic carbocycles. The zero-order chi connectivity index (χ0) is 17.7. The van der Waals surface area contributed by atoms with Gasteiger partial charge in [-0.2, -0.15) is 0 Å². The molecule has 3 fully saturated rings. The monoisotopic (exact) mass is 353 g/mol. The average molecular weight is 353 g/mol. The average Bonchev–Trinajstić information content (AvgIpc) is 3.33. The Hall–Kier alpha value is -2.11. The second kappa shape index (κ2) is 5.96. The van der Waals surface area contributed by atoms with Crippen molar-refractivity contribution >= 4 is 16.7 Å². The summed E-state index contributed by atoms with van der Waals surface area (Å²) < 4.78 is 11.9. The smallest absolute Gasteiger partial charge is 0.260 e. The van der Waals surface area contributed by atoms with Gasteiger partial charge in [-0.1, -0.05) is 30.3 Å². The first-order chi connectivity index (χ1) is 12.7. The molecular weight excluding hydrogens is 330 g/mol. The zero-order valence-electron chi connectivity index (χ0n) is 14.6. The molecule has 1 spiro atoms. The molecule has 2 bridgehead atoms. The molecule has 5 heteroatoms. The van der Waals surface area contributed by atoms with Crippen LogP contribution in [-0.4, -0.2) is 53.9 Å². The van der Waals surface area contributed by atoms with Crippen molar-refractivity contribution in [1.82, 2.24) is 4.90 Å². The Bertz CT molecular complexity index is 853. The number of aliphatic hydroxyl groups is 1. The van der Waals surface area contributed by atoms with E-state index in [-0.39, 0.29) is 42.7 Å². The van der Waals surface area contributed by atoms with E-state index in [1.54, 1.807) is 0 Å². The van der Waals surface area contributed by atoms with Gasteiger partial charge in [-0.15, -0.1) is 0 Å². The zero-order valence-corrected chi connectivity index (χ0v) is 14.6. The molecule has 0 radical (unpaired) electrons. The number of carbonyl (C=O) groups excluding carboxylic acids is 1. The fraction of sp³-hybridized carbons (Fsp3) is 0.476. The van der Waals surface area contributed by atoms with Gasteiger partial charge in [0.05, 0.1) is 18.2 Å². The summed E-state index contributed by atoms with van der Waals surface area (Å²) in [5, 5.41) is 11.9. The molecule has 5 nitrogen and oxygen atoms in total. The van der Waals surface area contributed by atoms with E-state index in [0.717, 1.165) is 23.6 Å². The quantitative estimate of drug-likeness (QED) is 0.916. The number of fused-ring (bicyclic) bond motifs is 2. The van der Waals surface area contributed by atoms with Crippen molar-refractivity contribution in [3.8, 4) is 5.75 Å². The molecule has 1 N–H and O–H groups in total. The van der Waals surface area contributed by atoms with Crippen LogP contribution in [0.1, 0.15) is 12.8 Å². The van der Waals surface area contributed by atoms with E-state index >= 15 is 0 Å². The molecule has 4 atom stereocenters. The third-order valence-electron chi connectivity index (χ3n) is 6.43. The van der Waals surface area contributed by atoms with E-state index in [9.17, 15) is 9.90 Å². The third kappa shape index (κ3) is 2.42. The molecule has 2 aromatic carbocycles. The highest BCUT2D eigenvalue weighted by atomic mass is 16.5. The Balaban J connectivity index is 1.25. The van der Waals surface area contributed by atoms with Gasteiger partial charge in [0.2, 0.25) is 0 Å². The number of hydrogen-bond donors (Lipinski definition) is 1. The predicted molar refractivity (Wildman–Crippen MR) is 96.9 cm³/mol. The van der Waals surface area contributed by atoms with Gasteiger partial charge in [0.1, 0.15) is 5.75 Å². The summed E-state index contributed by atoms with van der Waals surface area (Å²) in [6.07, 6.45) is 2.17. The molecule has 0 aromatic heterocycles. The van der Waals surface area contributed by atoms with Gasteiger partial charge in [0.25, 0.3) is 5.91 Å². The molecule has 136 valence electrons. The molecule has 26 heavy (non-hydrogen) atoms. The van der Waals surface area contributed by atoms with Crippen molar-refractivity contribution in [2.75, 3.05) is 26.3 Å². The number of carbonyl (C=O) groups is 1. The fourth-order valence-corrected chi connectivity index (χ4v) is 5.12. The van der Waals surface area contributed by atoms with E-state index in [2.05, 4.69) is 6.07 Å². The maximum atomic E-state index is 12.7. The Labute approximate surface area is 152 Å². The lowest BCUT2D eigenvalue weighted by molar-refractivity contribution is -0.134. The second-order valence-corrected chi connectivity index (χ2v) is 7.78. The molecule has 3 heterocycles. The van der Waals surface area contributed by atoms with Crippen molar-refractivity contribution in [3.63, 3.8) is 0 Å². The number of benzene rings is 2. The summed E-state index contributed by atoms with van der Waals surface area (Å²) >= 11 is 0. The fourth-order valence-electron chi connectivity index (χ4n) is 5.12. The third-order valence-corrected chi connectivity index (χ3v) is 6.43. The van der Waals surface area contributed by atoms with Gasteiger partial charge < -0.3 is 19.5 Å². The van der Waals surface area contributed by atoms with Crippen molar-refractivity contribution in [2.24, 2.45) is 11.8 Å². The lowest BCUT2D eigenvalue weighted by atomic mass is 9.74. The Morgan fingerprint density at radius 1 is 1.27 bits per heavy atom. The largest absolute Gasteiger partial charge is 0.484 e. The number of hydrogen-bond acceptors (Lipinski definition) is 4. The first-order valence-corrected chi connectivity index (χ1v) is 9.37. The number of nitrogens with zero attached hydrogens (tertiary/aromatic N) is 1. The number of rotatable bonds is 4. The first kappa shape index (κ1) is 16.1. The minimum absolute atomic E-state index is 0.00864. The van der Waals surface area contributed by atoms with E-state index in [0.29, 0.717) is 18.8 Å². The summed E-state index contributed by atoms with van der Waals surface area (Å²) in [7, 11) is 0. The van der Waals surface area contributed by atoms with Gasteiger partial charge in [0, 0.05) is 25.0 Å². The maximum Gasteiger partial charge on any atom is 0.260 e. The van der Waals surface area contributed by atoms with Crippen LogP contribution in [0.15, 0.2) is 42.5 Å². The Kier molecular flexibility index (Phi) is 3.69. The minimum atomic E-state index is -0.226. The van der Waals surface area contributed by atoms with Crippen LogP contribution >= 0.6 is 0 Å². The molecular formula is C21H23NO4. The van der Waals surface area contributed by atoms with Crippen LogP contribution in [0.5, 0.6) is 5.75 Å². The van der Waals surface area contributed by atoms with E-state index in [1.165, 1.54) is 0 Å². The van der Waals surface area contributed by atoms with Crippen molar-refractivity contribution in [3.05, 3.63) is 42.5 Å². The highest BCUT2D eigenvalue weighted by Crippen LogP contribution is 2.54. The Morgan fingerprint density at radius 2 is 2.12 bits per heavy atom. The number of ether oxygens (including phenoxy) is 2. The number of likely N-dealkylation sites (tertiary alicyclic amines) is 1. The molecule has 3 aliphatic heterocycles. The summed E-state index contributed by atoms with van der Waals surface area (Å²) in [6, 6.07) is 14.0. The molecule has 2 aromatic rings. The van der Waals surface area contributed by atoms with Gasteiger partial charge >= 0.3 is 0 Å². The van der Waals surface area contributed by atoms with Crippen LogP contribution in [0.2, 0.25) is 0 Å². The lowest BCUT2D eigenvalue weighted by Crippen LogP contribution is -2.38. The Morgan fingerprint density at radius 3 is 2.96 bits per heavy atom. The molecule has 3 saturated heterocycles. The van der Waals surface area contributed by atoms with Crippen LogP contribution in [0.4, 0.5) is 0 Å². The molecule has 0 unspecified atom stereocenters. The van der Waals surface area contributed by atoms with Gasteiger partial charge in [-0.3, -0.25) is 4.79 Å².